The first-order chi connectivity index (χ1) is 10.7. The zero-order valence-electron chi connectivity index (χ0n) is 13.4. The lowest BCUT2D eigenvalue weighted by atomic mass is 9.93. The number of carbonyl (C=O) groups is 1. The van der Waals surface area contributed by atoms with Crippen LogP contribution in [0.5, 0.6) is 0 Å². The van der Waals surface area contributed by atoms with Gasteiger partial charge < -0.3 is 10.2 Å². The fourth-order valence-corrected chi connectivity index (χ4v) is 3.53. The summed E-state index contributed by atoms with van der Waals surface area (Å²) >= 11 is 0. The van der Waals surface area contributed by atoms with Gasteiger partial charge in [0.1, 0.15) is 0 Å². The van der Waals surface area contributed by atoms with E-state index >= 15 is 0 Å². The average Bonchev–Trinajstić information content (AvgIpc) is 2.56. The van der Waals surface area contributed by atoms with Crippen LogP contribution in [-0.2, 0) is 4.79 Å². The number of nitrogens with one attached hydrogen (secondary N) is 1. The van der Waals surface area contributed by atoms with Crippen molar-refractivity contribution in [2.24, 2.45) is 5.92 Å². The van der Waals surface area contributed by atoms with Gasteiger partial charge in [-0.1, -0.05) is 19.3 Å². The zero-order chi connectivity index (χ0) is 15.4. The second-order valence-electron chi connectivity index (χ2n) is 6.63. The van der Waals surface area contributed by atoms with Gasteiger partial charge >= 0.3 is 0 Å². The Balaban J connectivity index is 1.58. The van der Waals surface area contributed by atoms with E-state index < -0.39 is 0 Å². The van der Waals surface area contributed by atoms with Gasteiger partial charge in [0.25, 0.3) is 0 Å². The van der Waals surface area contributed by atoms with E-state index in [-0.39, 0.29) is 11.8 Å². The molecule has 0 radical (unpaired) electrons. The molecule has 1 saturated carbocycles. The van der Waals surface area contributed by atoms with Crippen molar-refractivity contribution in [3.05, 3.63) is 18.0 Å². The summed E-state index contributed by atoms with van der Waals surface area (Å²) in [6.45, 7) is 3.65. The Labute approximate surface area is 132 Å². The molecule has 1 unspecified atom stereocenters. The lowest BCUT2D eigenvalue weighted by Gasteiger charge is -2.33. The van der Waals surface area contributed by atoms with Gasteiger partial charge in [0.15, 0.2) is 0 Å². The van der Waals surface area contributed by atoms with Crippen LogP contribution in [0.2, 0.25) is 0 Å². The van der Waals surface area contributed by atoms with Crippen LogP contribution in [-0.4, -0.2) is 35.0 Å². The third-order valence-corrected chi connectivity index (χ3v) is 4.81. The minimum absolute atomic E-state index is 0.0692. The molecule has 1 N–H and O–H groups in total. The van der Waals surface area contributed by atoms with Gasteiger partial charge in [-0.15, -0.1) is 0 Å². The van der Waals surface area contributed by atoms with Crippen LogP contribution < -0.4 is 10.2 Å². The van der Waals surface area contributed by atoms with Crippen molar-refractivity contribution in [2.75, 3.05) is 18.0 Å². The predicted octanol–water partition coefficient (Wildman–Crippen LogP) is 2.45. The Morgan fingerprint density at radius 3 is 2.82 bits per heavy atom. The first-order valence-corrected chi connectivity index (χ1v) is 8.57. The smallest absolute Gasteiger partial charge is 0.225 e. The standard InChI is InChI=1S/C17H26N4O/c1-13-9-10-18-17(19-13)21-11-5-6-14(12-21)16(22)20-15-7-3-2-4-8-15/h9-10,14-15H,2-8,11-12H2,1H3,(H,20,22). The highest BCUT2D eigenvalue weighted by Gasteiger charge is 2.28. The number of aromatic nitrogens is 2. The Morgan fingerprint density at radius 2 is 2.05 bits per heavy atom. The molecule has 1 aromatic heterocycles. The van der Waals surface area contributed by atoms with Crippen LogP contribution in [0.15, 0.2) is 12.3 Å². The summed E-state index contributed by atoms with van der Waals surface area (Å²) in [5.74, 6) is 1.05. The summed E-state index contributed by atoms with van der Waals surface area (Å²) in [6, 6.07) is 2.30. The van der Waals surface area contributed by atoms with Crippen LogP contribution in [0.25, 0.3) is 0 Å². The largest absolute Gasteiger partial charge is 0.353 e. The molecule has 0 spiro atoms. The fourth-order valence-electron chi connectivity index (χ4n) is 3.53. The van der Waals surface area contributed by atoms with E-state index in [0.717, 1.165) is 50.4 Å². The number of rotatable bonds is 3. The van der Waals surface area contributed by atoms with Crippen LogP contribution in [0.4, 0.5) is 5.95 Å². The lowest BCUT2D eigenvalue weighted by Crippen LogP contribution is -2.46. The number of carbonyl (C=O) groups excluding carboxylic acids is 1. The summed E-state index contributed by atoms with van der Waals surface area (Å²) in [4.78, 5) is 23.5. The highest BCUT2D eigenvalue weighted by Crippen LogP contribution is 2.22. The number of anilines is 1. The van der Waals surface area contributed by atoms with Gasteiger partial charge in [-0.3, -0.25) is 4.79 Å². The first-order valence-electron chi connectivity index (χ1n) is 8.57. The van der Waals surface area contributed by atoms with Crippen molar-refractivity contribution in [3.8, 4) is 0 Å². The maximum atomic E-state index is 12.5. The maximum Gasteiger partial charge on any atom is 0.225 e. The number of piperidine rings is 1. The molecule has 0 bridgehead atoms. The zero-order valence-corrected chi connectivity index (χ0v) is 13.4. The summed E-state index contributed by atoms with van der Waals surface area (Å²) in [5, 5.41) is 3.27. The number of aryl methyl sites for hydroxylation is 1. The van der Waals surface area contributed by atoms with E-state index in [1.165, 1.54) is 19.3 Å². The molecule has 2 fully saturated rings. The molecule has 22 heavy (non-hydrogen) atoms. The highest BCUT2D eigenvalue weighted by atomic mass is 16.2. The minimum Gasteiger partial charge on any atom is -0.353 e. The molecule has 5 nitrogen and oxygen atoms in total. The predicted molar refractivity (Wildman–Crippen MR) is 86.7 cm³/mol. The number of nitrogens with zero attached hydrogens (tertiary/aromatic N) is 3. The summed E-state index contributed by atoms with van der Waals surface area (Å²) in [6.07, 6.45) is 9.89. The van der Waals surface area contributed by atoms with Gasteiger partial charge in [-0.2, -0.15) is 0 Å². The van der Waals surface area contributed by atoms with Crippen LogP contribution in [0.3, 0.4) is 0 Å². The number of hydrogen-bond acceptors (Lipinski definition) is 4. The van der Waals surface area contributed by atoms with Crippen LogP contribution >= 0.6 is 0 Å². The molecule has 120 valence electrons. The first kappa shape index (κ1) is 15.3. The van der Waals surface area contributed by atoms with E-state index in [0.29, 0.717) is 6.04 Å². The van der Waals surface area contributed by atoms with E-state index in [1.807, 2.05) is 13.0 Å². The van der Waals surface area contributed by atoms with Crippen molar-refractivity contribution >= 4 is 11.9 Å². The summed E-state index contributed by atoms with van der Waals surface area (Å²) in [7, 11) is 0. The lowest BCUT2D eigenvalue weighted by molar-refractivity contribution is -0.126. The molecule has 5 heteroatoms. The number of amides is 1. The minimum atomic E-state index is 0.0692. The average molecular weight is 302 g/mol. The maximum absolute atomic E-state index is 12.5. The van der Waals surface area contributed by atoms with Crippen molar-refractivity contribution in [1.82, 2.24) is 15.3 Å². The van der Waals surface area contributed by atoms with Gasteiger partial charge in [0.2, 0.25) is 11.9 Å². The second-order valence-corrected chi connectivity index (χ2v) is 6.63. The molecule has 2 heterocycles. The molecule has 1 aliphatic heterocycles. The monoisotopic (exact) mass is 302 g/mol. The van der Waals surface area contributed by atoms with Crippen LogP contribution in [0.1, 0.15) is 50.6 Å². The molecule has 2 aliphatic rings. The number of hydrogen-bond donors (Lipinski definition) is 1. The Hall–Kier alpha value is -1.65. The van der Waals surface area contributed by atoms with Crippen molar-refractivity contribution in [1.29, 1.82) is 0 Å². The van der Waals surface area contributed by atoms with Gasteiger partial charge in [-0.25, -0.2) is 9.97 Å². The quantitative estimate of drug-likeness (QED) is 0.932. The molecule has 1 aromatic rings. The molecule has 1 amide bonds. The molecule has 1 atom stereocenters. The summed E-state index contributed by atoms with van der Waals surface area (Å²) in [5.41, 5.74) is 0.971. The van der Waals surface area contributed by atoms with Gasteiger partial charge in [0, 0.05) is 31.0 Å². The molecule has 1 aliphatic carbocycles. The van der Waals surface area contributed by atoms with Crippen molar-refractivity contribution in [3.63, 3.8) is 0 Å². The normalized spacial score (nSPS) is 23.3. The third-order valence-electron chi connectivity index (χ3n) is 4.81. The van der Waals surface area contributed by atoms with E-state index in [9.17, 15) is 4.79 Å². The van der Waals surface area contributed by atoms with Crippen molar-refractivity contribution < 1.29 is 4.79 Å². The fraction of sp³-hybridized carbons (Fsp3) is 0.706. The Bertz CT molecular complexity index is 513. The van der Waals surface area contributed by atoms with E-state index in [2.05, 4.69) is 20.2 Å². The third kappa shape index (κ3) is 3.76. The molecular formula is C17H26N4O. The van der Waals surface area contributed by atoms with Gasteiger partial charge in [0.05, 0.1) is 5.92 Å². The molecule has 0 aromatic carbocycles. The van der Waals surface area contributed by atoms with E-state index in [1.54, 1.807) is 6.20 Å². The molecule has 3 rings (SSSR count). The van der Waals surface area contributed by atoms with Gasteiger partial charge in [-0.05, 0) is 38.7 Å². The summed E-state index contributed by atoms with van der Waals surface area (Å²) < 4.78 is 0. The van der Waals surface area contributed by atoms with Crippen LogP contribution in [0, 0.1) is 12.8 Å². The highest BCUT2D eigenvalue weighted by molar-refractivity contribution is 5.79. The van der Waals surface area contributed by atoms with Crippen molar-refractivity contribution in [2.45, 2.75) is 57.9 Å². The molecule has 1 saturated heterocycles. The topological polar surface area (TPSA) is 58.1 Å². The Kier molecular flexibility index (Phi) is 4.90. The molecular weight excluding hydrogens is 276 g/mol. The second kappa shape index (κ2) is 7.07. The van der Waals surface area contributed by atoms with E-state index in [4.69, 9.17) is 0 Å². The Morgan fingerprint density at radius 1 is 1.23 bits per heavy atom. The SMILES string of the molecule is Cc1ccnc(N2CCCC(C(=O)NC3CCCCC3)C2)n1.